The third-order valence-corrected chi connectivity index (χ3v) is 4.62. The predicted molar refractivity (Wildman–Crippen MR) is 133 cm³/mol. The summed E-state index contributed by atoms with van der Waals surface area (Å²) >= 11 is 0. The summed E-state index contributed by atoms with van der Waals surface area (Å²) < 4.78 is 67.9. The second-order valence-corrected chi connectivity index (χ2v) is 9.34. The maximum absolute atomic E-state index is 8.49. The monoisotopic (exact) mass is 702 g/mol. The number of benzene rings is 1. The number of rotatable bonds is 7. The Kier molecular flexibility index (Phi) is 23.9. The number of halogens is 2. The van der Waals surface area contributed by atoms with Crippen molar-refractivity contribution in [2.45, 2.75) is 33.0 Å². The van der Waals surface area contributed by atoms with E-state index in [-0.39, 0.29) is 23.1 Å². The van der Waals surface area contributed by atoms with Gasteiger partial charge in [0.2, 0.25) is 0 Å². The van der Waals surface area contributed by atoms with Gasteiger partial charge in [0, 0.05) is 45.5 Å². The molecule has 0 N–H and O–H groups in total. The largest absolute Gasteiger partial charge is 2.00 e. The van der Waals surface area contributed by atoms with Crippen LogP contribution in [0.1, 0.15) is 42.5 Å². The van der Waals surface area contributed by atoms with E-state index in [0.717, 1.165) is 23.6 Å². The number of pyridine rings is 3. The molecule has 0 atom stereocenters. The van der Waals surface area contributed by atoms with Crippen LogP contribution in [-0.2, 0) is 30.2 Å². The van der Waals surface area contributed by atoms with Crippen LogP contribution in [0.4, 0.5) is 0 Å². The number of nitriles is 2. The Morgan fingerprint density at radius 2 is 0.956 bits per heavy atom. The van der Waals surface area contributed by atoms with Gasteiger partial charge in [-0.3, -0.25) is 19.9 Å². The minimum absolute atomic E-state index is 0. The SMILES string of the molecule is CC#N.CC#N.[Fe+2].[O-][Cl+3]([O-])([O-])[O-].[O-][Cl+3]([O-])([O-])[O-].c1ccc(CN(Cc2ccccn2)C(c2ccccn2)c2ccccn2)cc1. The van der Waals surface area contributed by atoms with E-state index in [1.54, 1.807) is 12.1 Å². The molecule has 0 spiro atoms. The van der Waals surface area contributed by atoms with E-state index in [1.807, 2.05) is 61.1 Å². The summed E-state index contributed by atoms with van der Waals surface area (Å²) in [7, 11) is -9.89. The van der Waals surface area contributed by atoms with Crippen molar-refractivity contribution >= 4 is 0 Å². The second kappa shape index (κ2) is 24.7. The molecule has 3 heterocycles. The Hall–Kier alpha value is -3.61. The molecule has 0 aliphatic heterocycles. The number of nitrogens with zero attached hydrogens (tertiary/aromatic N) is 6. The van der Waals surface area contributed by atoms with Gasteiger partial charge in [-0.1, -0.05) is 48.5 Å². The molecule has 3 aromatic heterocycles. The van der Waals surface area contributed by atoms with Gasteiger partial charge in [-0.2, -0.15) is 10.5 Å². The van der Waals surface area contributed by atoms with Crippen molar-refractivity contribution in [2.24, 2.45) is 0 Å². The van der Waals surface area contributed by atoms with Gasteiger partial charge in [0.05, 0.1) is 35.3 Å². The Morgan fingerprint density at radius 3 is 1.29 bits per heavy atom. The van der Waals surface area contributed by atoms with Crippen LogP contribution in [0.5, 0.6) is 0 Å². The molecule has 0 radical (unpaired) electrons. The molecule has 240 valence electrons. The average Bonchev–Trinajstić information content (AvgIpc) is 2.95. The van der Waals surface area contributed by atoms with Crippen LogP contribution in [0.2, 0.25) is 0 Å². The molecule has 0 saturated carbocycles. The van der Waals surface area contributed by atoms with E-state index < -0.39 is 20.5 Å². The standard InChI is InChI=1S/C24H22N4.2C2H3N.2ClHO4.Fe/c1-2-10-20(11-3-1)18-28(19-21-12-4-7-15-25-21)24(22-13-5-8-16-26-22)23-14-6-9-17-27-23;2*1-2-3;2*2-1(3,4)5;/h1-17,24H,18-19H2;2*1H3;2*(H,2,3,4,5);/q;;;;;+2/p-2. The summed E-state index contributed by atoms with van der Waals surface area (Å²) in [5, 5.41) is 14.6. The van der Waals surface area contributed by atoms with E-state index in [2.05, 4.69) is 62.3 Å². The van der Waals surface area contributed by atoms with Gasteiger partial charge < -0.3 is 0 Å². The fourth-order valence-electron chi connectivity index (χ4n) is 3.36. The third kappa shape index (κ3) is 25.4. The van der Waals surface area contributed by atoms with Crippen molar-refractivity contribution in [2.75, 3.05) is 0 Å². The number of aromatic nitrogens is 3. The summed E-state index contributed by atoms with van der Waals surface area (Å²) in [6.07, 6.45) is 5.52. The van der Waals surface area contributed by atoms with Gasteiger partial charge in [-0.05, 0) is 42.0 Å². The zero-order valence-electron chi connectivity index (χ0n) is 23.9. The maximum Gasteiger partial charge on any atom is 2.00 e. The van der Waals surface area contributed by atoms with Crippen LogP contribution < -0.4 is 37.3 Å². The Balaban J connectivity index is 0. The Labute approximate surface area is 275 Å². The molecule has 17 heteroatoms. The van der Waals surface area contributed by atoms with Crippen molar-refractivity contribution < 1.29 is 74.8 Å². The summed E-state index contributed by atoms with van der Waals surface area (Å²) in [5.74, 6) is 0. The molecule has 0 aliphatic rings. The van der Waals surface area contributed by atoms with Crippen molar-refractivity contribution in [3.8, 4) is 12.1 Å². The van der Waals surface area contributed by atoms with E-state index in [1.165, 1.54) is 19.4 Å². The second-order valence-electron chi connectivity index (χ2n) is 7.83. The summed E-state index contributed by atoms with van der Waals surface area (Å²) in [4.78, 5) is 16.2. The molecule has 0 bridgehead atoms. The molecule has 45 heavy (non-hydrogen) atoms. The van der Waals surface area contributed by atoms with Gasteiger partial charge in [-0.25, -0.2) is 37.3 Å². The number of hydrogen-bond acceptors (Lipinski definition) is 14. The molecular weight excluding hydrogens is 675 g/mol. The first kappa shape index (κ1) is 43.5. The van der Waals surface area contributed by atoms with Crippen LogP contribution >= 0.6 is 0 Å². The molecule has 0 fully saturated rings. The van der Waals surface area contributed by atoms with Gasteiger partial charge >= 0.3 is 17.1 Å². The molecule has 1 aromatic carbocycles. The van der Waals surface area contributed by atoms with E-state index in [4.69, 9.17) is 47.8 Å². The van der Waals surface area contributed by atoms with Crippen LogP contribution in [0, 0.1) is 43.1 Å². The molecular formula is C28H28Cl2FeN6O8. The van der Waals surface area contributed by atoms with Crippen molar-refractivity contribution in [1.29, 1.82) is 10.5 Å². The van der Waals surface area contributed by atoms with E-state index in [9.17, 15) is 0 Å². The smallest absolute Gasteiger partial charge is 0.280 e. The first-order valence-electron chi connectivity index (χ1n) is 12.1. The fourth-order valence-corrected chi connectivity index (χ4v) is 3.36. The fraction of sp³-hybridized carbons (Fsp3) is 0.179. The third-order valence-electron chi connectivity index (χ3n) is 4.62. The van der Waals surface area contributed by atoms with Crippen LogP contribution in [0.25, 0.3) is 0 Å². The average molecular weight is 703 g/mol. The van der Waals surface area contributed by atoms with E-state index in [0.29, 0.717) is 6.54 Å². The van der Waals surface area contributed by atoms with Crippen LogP contribution in [-0.4, -0.2) is 19.9 Å². The van der Waals surface area contributed by atoms with Gasteiger partial charge in [0.1, 0.15) is 0 Å². The topological polar surface area (TPSA) is 274 Å². The molecule has 4 aromatic rings. The minimum Gasteiger partial charge on any atom is -0.280 e. The minimum atomic E-state index is -4.94. The number of hydrogen-bond donors (Lipinski definition) is 0. The molecule has 0 amide bonds. The molecule has 0 unspecified atom stereocenters. The molecule has 4 rings (SSSR count). The summed E-state index contributed by atoms with van der Waals surface area (Å²) in [6, 6.07) is 32.0. The van der Waals surface area contributed by atoms with Gasteiger partial charge in [0.25, 0.3) is 0 Å². The predicted octanol–water partition coefficient (Wildman–Crippen LogP) is -3.79. The van der Waals surface area contributed by atoms with Crippen molar-refractivity contribution in [3.63, 3.8) is 0 Å². The van der Waals surface area contributed by atoms with Crippen molar-refractivity contribution in [3.05, 3.63) is 126 Å². The summed E-state index contributed by atoms with van der Waals surface area (Å²) in [6.45, 7) is 4.34. The normalized spacial score (nSPS) is 9.91. The van der Waals surface area contributed by atoms with Crippen molar-refractivity contribution in [1.82, 2.24) is 19.9 Å². The van der Waals surface area contributed by atoms with Crippen LogP contribution in [0.3, 0.4) is 0 Å². The van der Waals surface area contributed by atoms with Gasteiger partial charge in [-0.15, -0.1) is 20.5 Å². The van der Waals surface area contributed by atoms with Gasteiger partial charge in [0.15, 0.2) is 0 Å². The first-order valence-corrected chi connectivity index (χ1v) is 14.5. The first-order chi connectivity index (χ1) is 20.7. The molecule has 0 aliphatic carbocycles. The molecule has 0 saturated heterocycles. The zero-order valence-corrected chi connectivity index (χ0v) is 26.5. The van der Waals surface area contributed by atoms with E-state index >= 15 is 0 Å². The maximum atomic E-state index is 8.49. The summed E-state index contributed by atoms with van der Waals surface area (Å²) in [5.41, 5.74) is 4.23. The van der Waals surface area contributed by atoms with Crippen LogP contribution in [0.15, 0.2) is 104 Å². The molecule has 14 nitrogen and oxygen atoms in total. The zero-order chi connectivity index (χ0) is 33.4. The Bertz CT molecular complexity index is 1240. The Morgan fingerprint density at radius 1 is 0.600 bits per heavy atom. The quantitative estimate of drug-likeness (QED) is 0.167.